The number of hydrogen-bond acceptors (Lipinski definition) is 6. The molecule has 11 heteroatoms. The number of halogens is 2. The number of pyridine rings is 1. The Morgan fingerprint density at radius 2 is 1.79 bits per heavy atom. The van der Waals surface area contributed by atoms with Crippen molar-refractivity contribution >= 4 is 16.8 Å². The highest BCUT2D eigenvalue weighted by molar-refractivity contribution is 5.83. The molecule has 9 nitrogen and oxygen atoms in total. The third-order valence-electron chi connectivity index (χ3n) is 5.59. The van der Waals surface area contributed by atoms with Crippen molar-refractivity contribution in [2.24, 2.45) is 0 Å². The first-order valence-corrected chi connectivity index (χ1v) is 10.6. The number of rotatable bonds is 5. The fourth-order valence-electron chi connectivity index (χ4n) is 3.75. The summed E-state index contributed by atoms with van der Waals surface area (Å²) < 4.78 is 34.1. The normalized spacial score (nSPS) is 13.9. The topological polar surface area (TPSA) is 105 Å². The number of ether oxygens (including phenoxy) is 1. The molecular weight excluding hydrogens is 446 g/mol. The summed E-state index contributed by atoms with van der Waals surface area (Å²) in [7, 11) is 0. The van der Waals surface area contributed by atoms with Crippen LogP contribution in [0.5, 0.6) is 5.75 Å². The van der Waals surface area contributed by atoms with Gasteiger partial charge in [0.15, 0.2) is 18.2 Å². The van der Waals surface area contributed by atoms with Gasteiger partial charge in [-0.15, -0.1) is 5.10 Å². The number of benzene rings is 2. The lowest BCUT2D eigenvalue weighted by Crippen LogP contribution is -2.47. The van der Waals surface area contributed by atoms with Crippen LogP contribution in [0.4, 0.5) is 8.78 Å². The van der Waals surface area contributed by atoms with Crippen molar-refractivity contribution in [1.29, 1.82) is 0 Å². The SMILES string of the molecule is O=C(COc1ccc(-n2cc(-c3cc4cc(F)c(F)cc4[nH]c3=O)nn2)cc1)N1CCNCC1. The summed E-state index contributed by atoms with van der Waals surface area (Å²) in [5.74, 6) is -1.57. The standard InChI is InChI=1S/C23H20F2N6O3/c24-18-10-14-9-17(23(33)27-20(14)11-19(18)25)21-12-31(29-28-21)15-1-3-16(4-2-15)34-13-22(32)30-7-5-26-6-8-30/h1-4,9-12,26H,5-8,13H2,(H,27,33). The molecule has 1 aliphatic rings. The molecule has 5 rings (SSSR count). The molecule has 1 aliphatic heterocycles. The van der Waals surface area contributed by atoms with E-state index in [1.807, 2.05) is 0 Å². The maximum atomic E-state index is 13.6. The average molecular weight is 466 g/mol. The van der Waals surface area contributed by atoms with E-state index in [-0.39, 0.29) is 29.3 Å². The molecule has 2 N–H and O–H groups in total. The molecule has 0 saturated carbocycles. The predicted molar refractivity (Wildman–Crippen MR) is 120 cm³/mol. The van der Waals surface area contributed by atoms with Gasteiger partial charge in [-0.05, 0) is 36.4 Å². The van der Waals surface area contributed by atoms with Crippen LogP contribution < -0.4 is 15.6 Å². The second kappa shape index (κ2) is 9.02. The smallest absolute Gasteiger partial charge is 0.260 e. The number of carbonyl (C=O) groups excluding carboxylic acids is 1. The van der Waals surface area contributed by atoms with Gasteiger partial charge in [0.2, 0.25) is 0 Å². The number of nitrogens with one attached hydrogen (secondary N) is 2. The van der Waals surface area contributed by atoms with Crippen LogP contribution in [0.1, 0.15) is 0 Å². The van der Waals surface area contributed by atoms with E-state index in [0.29, 0.717) is 29.9 Å². The van der Waals surface area contributed by atoms with Gasteiger partial charge in [-0.2, -0.15) is 0 Å². The van der Waals surface area contributed by atoms with Gasteiger partial charge >= 0.3 is 0 Å². The van der Waals surface area contributed by atoms with Gasteiger partial charge in [-0.25, -0.2) is 13.5 Å². The van der Waals surface area contributed by atoms with Crippen LogP contribution in [-0.4, -0.2) is 63.6 Å². The molecule has 0 spiro atoms. The molecule has 0 radical (unpaired) electrons. The molecule has 34 heavy (non-hydrogen) atoms. The zero-order chi connectivity index (χ0) is 23.7. The van der Waals surface area contributed by atoms with Crippen molar-refractivity contribution in [1.82, 2.24) is 30.2 Å². The third kappa shape index (κ3) is 4.37. The van der Waals surface area contributed by atoms with E-state index in [2.05, 4.69) is 20.6 Å². The molecule has 0 aliphatic carbocycles. The number of piperazine rings is 1. The van der Waals surface area contributed by atoms with Gasteiger partial charge < -0.3 is 19.9 Å². The maximum absolute atomic E-state index is 13.6. The molecule has 174 valence electrons. The molecular formula is C23H20F2N6O3. The lowest BCUT2D eigenvalue weighted by atomic mass is 10.1. The van der Waals surface area contributed by atoms with Crippen molar-refractivity contribution in [2.45, 2.75) is 0 Å². The first kappa shape index (κ1) is 21.7. The average Bonchev–Trinajstić information content (AvgIpc) is 3.34. The number of aromatic amines is 1. The molecule has 1 fully saturated rings. The Labute approximate surface area is 192 Å². The van der Waals surface area contributed by atoms with Crippen molar-refractivity contribution in [3.8, 4) is 22.7 Å². The first-order chi connectivity index (χ1) is 16.5. The Balaban J connectivity index is 1.31. The number of hydrogen-bond donors (Lipinski definition) is 2. The van der Waals surface area contributed by atoms with Crippen LogP contribution >= 0.6 is 0 Å². The van der Waals surface area contributed by atoms with Crippen molar-refractivity contribution < 1.29 is 18.3 Å². The number of H-pyrrole nitrogens is 1. The van der Waals surface area contributed by atoms with Crippen LogP contribution in [0.3, 0.4) is 0 Å². The summed E-state index contributed by atoms with van der Waals surface area (Å²) >= 11 is 0. The van der Waals surface area contributed by atoms with Crippen LogP contribution in [-0.2, 0) is 4.79 Å². The number of fused-ring (bicyclic) bond motifs is 1. The summed E-state index contributed by atoms with van der Waals surface area (Å²) in [6.45, 7) is 2.85. The summed E-state index contributed by atoms with van der Waals surface area (Å²) in [5, 5.41) is 11.6. The van der Waals surface area contributed by atoms with Crippen molar-refractivity contribution in [2.75, 3.05) is 32.8 Å². The maximum Gasteiger partial charge on any atom is 0.260 e. The summed E-state index contributed by atoms with van der Waals surface area (Å²) in [4.78, 5) is 29.0. The summed E-state index contributed by atoms with van der Waals surface area (Å²) in [6, 6.07) is 10.3. The van der Waals surface area contributed by atoms with E-state index in [4.69, 9.17) is 4.74 Å². The van der Waals surface area contributed by atoms with E-state index in [9.17, 15) is 18.4 Å². The molecule has 0 unspecified atom stereocenters. The highest BCUT2D eigenvalue weighted by atomic mass is 19.2. The van der Waals surface area contributed by atoms with Crippen LogP contribution in [0, 0.1) is 11.6 Å². The minimum atomic E-state index is -1.04. The monoisotopic (exact) mass is 466 g/mol. The number of aromatic nitrogens is 4. The van der Waals surface area contributed by atoms with E-state index < -0.39 is 17.2 Å². The molecule has 0 atom stereocenters. The number of nitrogens with zero attached hydrogens (tertiary/aromatic N) is 4. The second-order valence-electron chi connectivity index (χ2n) is 7.83. The molecule has 4 aromatic rings. The number of amides is 1. The molecule has 0 bridgehead atoms. The highest BCUT2D eigenvalue weighted by Gasteiger charge is 2.17. The largest absolute Gasteiger partial charge is 0.484 e. The van der Waals surface area contributed by atoms with Crippen LogP contribution in [0.25, 0.3) is 27.8 Å². The fraction of sp³-hybridized carbons (Fsp3) is 0.217. The lowest BCUT2D eigenvalue weighted by Gasteiger charge is -2.27. The third-order valence-corrected chi connectivity index (χ3v) is 5.59. The Hall–Kier alpha value is -4.12. The van der Waals surface area contributed by atoms with Crippen molar-refractivity contribution in [3.63, 3.8) is 0 Å². The first-order valence-electron chi connectivity index (χ1n) is 10.6. The minimum Gasteiger partial charge on any atom is -0.484 e. The molecule has 3 heterocycles. The van der Waals surface area contributed by atoms with E-state index in [0.717, 1.165) is 25.2 Å². The zero-order valence-electron chi connectivity index (χ0n) is 17.9. The van der Waals surface area contributed by atoms with E-state index in [1.165, 1.54) is 10.7 Å². The van der Waals surface area contributed by atoms with Gasteiger partial charge in [0.1, 0.15) is 11.4 Å². The van der Waals surface area contributed by atoms with Gasteiger partial charge in [0.05, 0.1) is 23.0 Å². The summed E-state index contributed by atoms with van der Waals surface area (Å²) in [6.07, 6.45) is 1.56. The van der Waals surface area contributed by atoms with Gasteiger partial charge in [-0.1, -0.05) is 5.21 Å². The van der Waals surface area contributed by atoms with E-state index >= 15 is 0 Å². The minimum absolute atomic E-state index is 0.0396. The second-order valence-corrected chi connectivity index (χ2v) is 7.83. The zero-order valence-corrected chi connectivity index (χ0v) is 17.9. The van der Waals surface area contributed by atoms with Crippen molar-refractivity contribution in [3.05, 3.63) is 70.6 Å². The summed E-state index contributed by atoms with van der Waals surface area (Å²) in [5.41, 5.74) is 0.797. The van der Waals surface area contributed by atoms with E-state index in [1.54, 1.807) is 35.4 Å². The Morgan fingerprint density at radius 3 is 2.56 bits per heavy atom. The fourth-order valence-corrected chi connectivity index (χ4v) is 3.75. The Kier molecular flexibility index (Phi) is 5.76. The van der Waals surface area contributed by atoms with Gasteiger partial charge in [0, 0.05) is 37.6 Å². The van der Waals surface area contributed by atoms with Gasteiger partial charge in [0.25, 0.3) is 11.5 Å². The van der Waals surface area contributed by atoms with Gasteiger partial charge in [-0.3, -0.25) is 9.59 Å². The Morgan fingerprint density at radius 1 is 1.06 bits per heavy atom. The Bertz CT molecular complexity index is 1410. The molecule has 1 amide bonds. The molecule has 2 aromatic carbocycles. The van der Waals surface area contributed by atoms with Crippen LogP contribution in [0.2, 0.25) is 0 Å². The quantitative estimate of drug-likeness (QED) is 0.465. The lowest BCUT2D eigenvalue weighted by molar-refractivity contribution is -0.133. The highest BCUT2D eigenvalue weighted by Crippen LogP contribution is 2.22. The predicted octanol–water partition coefficient (Wildman–Crippen LogP) is 1.86. The number of carbonyl (C=O) groups is 1. The molecule has 1 saturated heterocycles. The molecule has 2 aromatic heterocycles. The van der Waals surface area contributed by atoms with Crippen LogP contribution in [0.15, 0.2) is 53.5 Å².